The molecule has 1 aliphatic heterocycles. The van der Waals surface area contributed by atoms with E-state index >= 15 is 0 Å². The quantitative estimate of drug-likeness (QED) is 0.636. The van der Waals surface area contributed by atoms with Gasteiger partial charge in [-0.05, 0) is 12.5 Å². The number of ketones is 2. The number of esters is 1. The van der Waals surface area contributed by atoms with Crippen molar-refractivity contribution in [3.8, 4) is 0 Å². The second kappa shape index (κ2) is 9.37. The van der Waals surface area contributed by atoms with E-state index in [1.807, 2.05) is 30.3 Å². The zero-order valence-corrected chi connectivity index (χ0v) is 17.3. The van der Waals surface area contributed by atoms with Crippen LogP contribution in [-0.2, 0) is 25.6 Å². The Bertz CT molecular complexity index is 1020. The lowest BCUT2D eigenvalue weighted by molar-refractivity contribution is -0.148. The van der Waals surface area contributed by atoms with Crippen molar-refractivity contribution < 1.29 is 28.6 Å². The SMILES string of the molecule is CCOC(=O)C[C@@H]1CC2=C(C(=O)c3ccccc3C2=O)[C@@H](COCc2ccccc2)O1. The molecule has 2 aromatic rings. The molecule has 6 nitrogen and oxygen atoms in total. The molecule has 31 heavy (non-hydrogen) atoms. The maximum Gasteiger partial charge on any atom is 0.308 e. The van der Waals surface area contributed by atoms with E-state index < -0.39 is 18.2 Å². The van der Waals surface area contributed by atoms with Crippen LogP contribution >= 0.6 is 0 Å². The molecule has 2 aliphatic rings. The van der Waals surface area contributed by atoms with Gasteiger partial charge in [-0.1, -0.05) is 54.6 Å². The van der Waals surface area contributed by atoms with Crippen molar-refractivity contribution in [3.05, 3.63) is 82.4 Å². The molecule has 0 N–H and O–H groups in total. The molecule has 0 unspecified atom stereocenters. The third-order valence-corrected chi connectivity index (χ3v) is 5.45. The van der Waals surface area contributed by atoms with Crippen molar-refractivity contribution in [2.24, 2.45) is 0 Å². The van der Waals surface area contributed by atoms with Gasteiger partial charge in [0.25, 0.3) is 0 Å². The molecule has 0 saturated heterocycles. The van der Waals surface area contributed by atoms with Crippen LogP contribution in [0.2, 0.25) is 0 Å². The summed E-state index contributed by atoms with van der Waals surface area (Å²) in [6.45, 7) is 2.47. The molecule has 160 valence electrons. The molecule has 0 bridgehead atoms. The van der Waals surface area contributed by atoms with E-state index in [0.29, 0.717) is 28.9 Å². The first-order valence-electron chi connectivity index (χ1n) is 10.4. The first-order valence-corrected chi connectivity index (χ1v) is 10.4. The van der Waals surface area contributed by atoms with Gasteiger partial charge in [0.15, 0.2) is 11.6 Å². The van der Waals surface area contributed by atoms with Crippen LogP contribution in [0.1, 0.15) is 46.0 Å². The predicted octanol–water partition coefficient (Wildman–Crippen LogP) is 3.69. The summed E-state index contributed by atoms with van der Waals surface area (Å²) in [6, 6.07) is 16.5. The van der Waals surface area contributed by atoms with Gasteiger partial charge in [-0.2, -0.15) is 0 Å². The van der Waals surface area contributed by atoms with Gasteiger partial charge in [0.2, 0.25) is 0 Å². The Labute approximate surface area is 180 Å². The Morgan fingerprint density at radius 3 is 2.39 bits per heavy atom. The average Bonchev–Trinajstić information content (AvgIpc) is 2.78. The van der Waals surface area contributed by atoms with Gasteiger partial charge in [-0.3, -0.25) is 14.4 Å². The Kier molecular flexibility index (Phi) is 6.39. The summed E-state index contributed by atoms with van der Waals surface area (Å²) in [5, 5.41) is 0. The number of hydrogen-bond donors (Lipinski definition) is 0. The van der Waals surface area contributed by atoms with Crippen molar-refractivity contribution in [2.75, 3.05) is 13.2 Å². The number of carbonyl (C=O) groups excluding carboxylic acids is 3. The number of carbonyl (C=O) groups is 3. The summed E-state index contributed by atoms with van der Waals surface area (Å²) < 4.78 is 17.0. The fraction of sp³-hybridized carbons (Fsp3) is 0.320. The highest BCUT2D eigenvalue weighted by Crippen LogP contribution is 2.37. The number of Topliss-reactive ketones (excluding diaryl/α,β-unsaturated/α-hetero) is 2. The number of benzene rings is 2. The van der Waals surface area contributed by atoms with Gasteiger partial charge in [0, 0.05) is 28.7 Å². The molecule has 2 atom stereocenters. The number of hydrogen-bond acceptors (Lipinski definition) is 6. The molecule has 0 radical (unpaired) electrons. The molecule has 0 fully saturated rings. The van der Waals surface area contributed by atoms with Gasteiger partial charge >= 0.3 is 5.97 Å². The van der Waals surface area contributed by atoms with Crippen molar-refractivity contribution >= 4 is 17.5 Å². The van der Waals surface area contributed by atoms with Crippen molar-refractivity contribution in [2.45, 2.75) is 38.6 Å². The molecular formula is C25H24O6. The summed E-state index contributed by atoms with van der Waals surface area (Å²) in [5.41, 5.74) is 2.53. The van der Waals surface area contributed by atoms with E-state index in [2.05, 4.69) is 0 Å². The van der Waals surface area contributed by atoms with Gasteiger partial charge in [-0.25, -0.2) is 0 Å². The third-order valence-electron chi connectivity index (χ3n) is 5.45. The lowest BCUT2D eigenvalue weighted by atomic mass is 9.78. The van der Waals surface area contributed by atoms with E-state index in [1.54, 1.807) is 31.2 Å². The number of ether oxygens (including phenoxy) is 3. The molecule has 1 aliphatic carbocycles. The van der Waals surface area contributed by atoms with E-state index in [4.69, 9.17) is 14.2 Å². The first-order chi connectivity index (χ1) is 15.1. The molecule has 6 heteroatoms. The third kappa shape index (κ3) is 4.50. The Hall–Kier alpha value is -3.09. The normalized spacial score (nSPS) is 20.3. The van der Waals surface area contributed by atoms with Gasteiger partial charge < -0.3 is 14.2 Å². The standard InChI is InChI=1S/C25H24O6/c1-2-30-22(26)13-17-12-20-23(25(28)19-11-7-6-10-18(19)24(20)27)21(31-17)15-29-14-16-8-4-3-5-9-16/h3-11,17,21H,2,12-15H2,1H3/t17-,21+/m0/s1. The van der Waals surface area contributed by atoms with Crippen molar-refractivity contribution in [1.29, 1.82) is 0 Å². The zero-order chi connectivity index (χ0) is 21.8. The monoisotopic (exact) mass is 420 g/mol. The van der Waals surface area contributed by atoms with Crippen LogP contribution in [0.25, 0.3) is 0 Å². The van der Waals surface area contributed by atoms with Crippen LogP contribution in [0.5, 0.6) is 0 Å². The minimum absolute atomic E-state index is 0.0168. The molecule has 1 heterocycles. The lowest BCUT2D eigenvalue weighted by Gasteiger charge is -2.35. The highest BCUT2D eigenvalue weighted by Gasteiger charge is 2.42. The van der Waals surface area contributed by atoms with Crippen LogP contribution in [0, 0.1) is 0 Å². The summed E-state index contributed by atoms with van der Waals surface area (Å²) in [5.74, 6) is -0.793. The molecule has 4 rings (SSSR count). The van der Waals surface area contributed by atoms with E-state index in [-0.39, 0.29) is 37.6 Å². The minimum Gasteiger partial charge on any atom is -0.466 e. The topological polar surface area (TPSA) is 78.9 Å². The van der Waals surface area contributed by atoms with Gasteiger partial charge in [-0.15, -0.1) is 0 Å². The summed E-state index contributed by atoms with van der Waals surface area (Å²) in [4.78, 5) is 38.4. The largest absolute Gasteiger partial charge is 0.466 e. The van der Waals surface area contributed by atoms with Crippen molar-refractivity contribution in [1.82, 2.24) is 0 Å². The maximum absolute atomic E-state index is 13.2. The molecule has 0 saturated carbocycles. The van der Waals surface area contributed by atoms with Gasteiger partial charge in [0.05, 0.1) is 32.3 Å². The molecule has 0 aromatic heterocycles. The van der Waals surface area contributed by atoms with E-state index in [0.717, 1.165) is 5.56 Å². The van der Waals surface area contributed by atoms with Crippen LogP contribution in [0.3, 0.4) is 0 Å². The Morgan fingerprint density at radius 2 is 1.68 bits per heavy atom. The molecule has 0 amide bonds. The average molecular weight is 420 g/mol. The molecular weight excluding hydrogens is 396 g/mol. The van der Waals surface area contributed by atoms with Gasteiger partial charge in [0.1, 0.15) is 6.10 Å². The summed E-state index contributed by atoms with van der Waals surface area (Å²) in [6.07, 6.45) is -1.06. The highest BCUT2D eigenvalue weighted by molar-refractivity contribution is 6.27. The minimum atomic E-state index is -0.725. The fourth-order valence-corrected chi connectivity index (χ4v) is 4.07. The second-order valence-electron chi connectivity index (χ2n) is 7.56. The highest BCUT2D eigenvalue weighted by atomic mass is 16.6. The number of fused-ring (bicyclic) bond motifs is 1. The Morgan fingerprint density at radius 1 is 1.00 bits per heavy atom. The van der Waals surface area contributed by atoms with Crippen LogP contribution in [-0.4, -0.2) is 43.0 Å². The smallest absolute Gasteiger partial charge is 0.308 e. The summed E-state index contributed by atoms with van der Waals surface area (Å²) in [7, 11) is 0. The van der Waals surface area contributed by atoms with E-state index in [1.165, 1.54) is 0 Å². The van der Waals surface area contributed by atoms with Crippen LogP contribution in [0.4, 0.5) is 0 Å². The maximum atomic E-state index is 13.2. The van der Waals surface area contributed by atoms with Crippen LogP contribution < -0.4 is 0 Å². The first kappa shape index (κ1) is 21.2. The predicted molar refractivity (Wildman–Crippen MR) is 113 cm³/mol. The van der Waals surface area contributed by atoms with Crippen molar-refractivity contribution in [3.63, 3.8) is 0 Å². The van der Waals surface area contributed by atoms with E-state index in [9.17, 15) is 14.4 Å². The van der Waals surface area contributed by atoms with Crippen LogP contribution in [0.15, 0.2) is 65.7 Å². The summed E-state index contributed by atoms with van der Waals surface area (Å²) >= 11 is 0. The lowest BCUT2D eigenvalue weighted by Crippen LogP contribution is -2.41. The Balaban J connectivity index is 1.59. The number of rotatable bonds is 7. The molecule has 2 aromatic carbocycles. The fourth-order valence-electron chi connectivity index (χ4n) is 4.07. The second-order valence-corrected chi connectivity index (χ2v) is 7.56. The molecule has 0 spiro atoms. The zero-order valence-electron chi connectivity index (χ0n) is 17.3.